The fraction of sp³-hybridized carbons (Fsp3) is 0.625. The minimum Gasteiger partial charge on any atom is -0.309 e. The van der Waals surface area contributed by atoms with Gasteiger partial charge in [0.25, 0.3) is 0 Å². The Morgan fingerprint density at radius 3 is 2.74 bits per heavy atom. The molecule has 19 heavy (non-hydrogen) atoms. The van der Waals surface area contributed by atoms with E-state index in [1.165, 1.54) is 32.4 Å². The molecule has 1 saturated heterocycles. The van der Waals surface area contributed by atoms with Gasteiger partial charge in [-0.25, -0.2) is 4.39 Å². The van der Waals surface area contributed by atoms with Gasteiger partial charge in [0.15, 0.2) is 0 Å². The van der Waals surface area contributed by atoms with Gasteiger partial charge in [-0.3, -0.25) is 0 Å². The second-order valence-corrected chi connectivity index (χ2v) is 5.69. The van der Waals surface area contributed by atoms with E-state index in [0.29, 0.717) is 12.6 Å². The van der Waals surface area contributed by atoms with Crippen molar-refractivity contribution in [2.24, 2.45) is 0 Å². The Bertz CT molecular complexity index is 400. The lowest BCUT2D eigenvalue weighted by Crippen LogP contribution is -2.41. The summed E-state index contributed by atoms with van der Waals surface area (Å²) < 4.78 is 13.9. The third kappa shape index (κ3) is 4.29. The average molecular weight is 264 g/mol. The Hall–Kier alpha value is -0.930. The van der Waals surface area contributed by atoms with Crippen LogP contribution in [0.15, 0.2) is 18.2 Å². The van der Waals surface area contributed by atoms with Crippen LogP contribution in [0.25, 0.3) is 0 Å². The van der Waals surface area contributed by atoms with E-state index in [1.54, 1.807) is 0 Å². The summed E-state index contributed by atoms with van der Waals surface area (Å²) in [4.78, 5) is 2.51. The second kappa shape index (κ2) is 7.01. The smallest absolute Gasteiger partial charge is 0.130 e. The zero-order valence-corrected chi connectivity index (χ0v) is 12.1. The fourth-order valence-corrected chi connectivity index (χ4v) is 2.72. The van der Waals surface area contributed by atoms with Crippen LogP contribution in [0.2, 0.25) is 0 Å². The molecule has 2 rings (SSSR count). The molecule has 0 spiro atoms. The molecule has 0 bridgehead atoms. The first kappa shape index (κ1) is 14.5. The van der Waals surface area contributed by atoms with E-state index in [0.717, 1.165) is 17.7 Å². The molecule has 1 N–H and O–H groups in total. The minimum absolute atomic E-state index is 0.0693. The summed E-state index contributed by atoms with van der Waals surface area (Å²) in [5.74, 6) is -0.0693. The van der Waals surface area contributed by atoms with Crippen LogP contribution < -0.4 is 5.32 Å². The van der Waals surface area contributed by atoms with E-state index in [2.05, 4.69) is 17.1 Å². The highest BCUT2D eigenvalue weighted by molar-refractivity contribution is 5.24. The molecule has 0 radical (unpaired) electrons. The number of halogens is 1. The Balaban J connectivity index is 1.79. The molecule has 0 aromatic heterocycles. The first-order chi connectivity index (χ1) is 9.16. The highest BCUT2D eigenvalue weighted by atomic mass is 19.1. The molecule has 2 nitrogen and oxygen atoms in total. The van der Waals surface area contributed by atoms with Gasteiger partial charge in [-0.15, -0.1) is 0 Å². The highest BCUT2D eigenvalue weighted by Crippen LogP contribution is 2.12. The molecule has 3 heteroatoms. The number of piperidine rings is 1. The lowest BCUT2D eigenvalue weighted by atomic mass is 10.1. The maximum atomic E-state index is 13.9. The van der Waals surface area contributed by atoms with Gasteiger partial charge in [0.2, 0.25) is 0 Å². The summed E-state index contributed by atoms with van der Waals surface area (Å²) >= 11 is 0. The Labute approximate surface area is 116 Å². The maximum absolute atomic E-state index is 13.9. The van der Waals surface area contributed by atoms with Crippen molar-refractivity contribution >= 4 is 0 Å². The SMILES string of the molecule is Cc1cccc(CNC(C)CN2CCCCC2)c1F. The Morgan fingerprint density at radius 2 is 2.00 bits per heavy atom. The highest BCUT2D eigenvalue weighted by Gasteiger charge is 2.13. The molecule has 0 amide bonds. The molecule has 1 aromatic carbocycles. The largest absolute Gasteiger partial charge is 0.309 e. The van der Waals surface area contributed by atoms with Crippen LogP contribution in [0.5, 0.6) is 0 Å². The van der Waals surface area contributed by atoms with Crippen molar-refractivity contribution in [3.8, 4) is 0 Å². The number of rotatable bonds is 5. The van der Waals surface area contributed by atoms with Crippen LogP contribution in [0.4, 0.5) is 4.39 Å². The van der Waals surface area contributed by atoms with Gasteiger partial charge in [0, 0.05) is 24.7 Å². The van der Waals surface area contributed by atoms with Crippen LogP contribution in [0.1, 0.15) is 37.3 Å². The van der Waals surface area contributed by atoms with E-state index in [4.69, 9.17) is 0 Å². The number of benzene rings is 1. The van der Waals surface area contributed by atoms with Gasteiger partial charge in [-0.05, 0) is 45.3 Å². The van der Waals surface area contributed by atoms with Crippen LogP contribution >= 0.6 is 0 Å². The molecular weight excluding hydrogens is 239 g/mol. The molecule has 1 aliphatic rings. The van der Waals surface area contributed by atoms with Crippen molar-refractivity contribution in [2.75, 3.05) is 19.6 Å². The molecule has 0 aliphatic carbocycles. The van der Waals surface area contributed by atoms with Crippen LogP contribution in [-0.4, -0.2) is 30.6 Å². The third-order valence-electron chi connectivity index (χ3n) is 3.89. The van der Waals surface area contributed by atoms with Crippen LogP contribution in [0.3, 0.4) is 0 Å². The summed E-state index contributed by atoms with van der Waals surface area (Å²) in [5, 5.41) is 3.43. The molecule has 1 heterocycles. The van der Waals surface area contributed by atoms with Gasteiger partial charge < -0.3 is 10.2 Å². The Kier molecular flexibility index (Phi) is 5.34. The molecule has 0 saturated carbocycles. The van der Waals surface area contributed by atoms with Crippen molar-refractivity contribution in [1.29, 1.82) is 0 Å². The molecule has 1 atom stereocenters. The normalized spacial score (nSPS) is 18.5. The fourth-order valence-electron chi connectivity index (χ4n) is 2.72. The topological polar surface area (TPSA) is 15.3 Å². The third-order valence-corrected chi connectivity index (χ3v) is 3.89. The summed E-state index contributed by atoms with van der Waals surface area (Å²) in [6.45, 7) is 8.10. The number of aryl methyl sites for hydroxylation is 1. The zero-order valence-electron chi connectivity index (χ0n) is 12.1. The monoisotopic (exact) mass is 264 g/mol. The lowest BCUT2D eigenvalue weighted by molar-refractivity contribution is 0.208. The first-order valence-electron chi connectivity index (χ1n) is 7.36. The summed E-state index contributed by atoms with van der Waals surface area (Å²) in [5.41, 5.74) is 1.49. The van der Waals surface area contributed by atoms with Crippen molar-refractivity contribution in [3.05, 3.63) is 35.1 Å². The number of nitrogens with one attached hydrogen (secondary N) is 1. The predicted octanol–water partition coefficient (Wildman–Crippen LogP) is 3.10. The Morgan fingerprint density at radius 1 is 1.26 bits per heavy atom. The van der Waals surface area contributed by atoms with Gasteiger partial charge in [-0.2, -0.15) is 0 Å². The molecule has 1 unspecified atom stereocenters. The van der Waals surface area contributed by atoms with E-state index in [1.807, 2.05) is 25.1 Å². The van der Waals surface area contributed by atoms with Crippen LogP contribution in [0, 0.1) is 12.7 Å². The molecule has 1 fully saturated rings. The zero-order chi connectivity index (χ0) is 13.7. The quantitative estimate of drug-likeness (QED) is 0.879. The van der Waals surface area contributed by atoms with Gasteiger partial charge >= 0.3 is 0 Å². The average Bonchev–Trinajstić information content (AvgIpc) is 2.42. The minimum atomic E-state index is -0.0693. The van der Waals surface area contributed by atoms with Crippen molar-refractivity contribution in [2.45, 2.75) is 45.7 Å². The summed E-state index contributed by atoms with van der Waals surface area (Å²) in [6.07, 6.45) is 4.01. The molecule has 1 aliphatic heterocycles. The van der Waals surface area contributed by atoms with Crippen molar-refractivity contribution in [3.63, 3.8) is 0 Å². The van der Waals surface area contributed by atoms with Gasteiger partial charge in [0.05, 0.1) is 0 Å². The number of hydrogen-bond donors (Lipinski definition) is 1. The van der Waals surface area contributed by atoms with Gasteiger partial charge in [0.1, 0.15) is 5.82 Å². The standard InChI is InChI=1S/C16H25FN2/c1-13-7-6-8-15(16(13)17)11-18-14(2)12-19-9-4-3-5-10-19/h6-8,14,18H,3-5,9-12H2,1-2H3. The van der Waals surface area contributed by atoms with Crippen molar-refractivity contribution in [1.82, 2.24) is 10.2 Å². The molecular formula is C16H25FN2. The van der Waals surface area contributed by atoms with E-state index < -0.39 is 0 Å². The van der Waals surface area contributed by atoms with E-state index >= 15 is 0 Å². The predicted molar refractivity (Wildman–Crippen MR) is 77.7 cm³/mol. The second-order valence-electron chi connectivity index (χ2n) is 5.69. The molecule has 106 valence electrons. The number of nitrogens with zero attached hydrogens (tertiary/aromatic N) is 1. The van der Waals surface area contributed by atoms with Gasteiger partial charge in [-0.1, -0.05) is 24.6 Å². The van der Waals surface area contributed by atoms with Crippen molar-refractivity contribution < 1.29 is 4.39 Å². The number of hydrogen-bond acceptors (Lipinski definition) is 2. The summed E-state index contributed by atoms with van der Waals surface area (Å²) in [7, 11) is 0. The lowest BCUT2D eigenvalue weighted by Gasteiger charge is -2.29. The van der Waals surface area contributed by atoms with Crippen LogP contribution in [-0.2, 0) is 6.54 Å². The number of likely N-dealkylation sites (tertiary alicyclic amines) is 1. The first-order valence-corrected chi connectivity index (χ1v) is 7.36. The molecule has 1 aromatic rings. The van der Waals surface area contributed by atoms with E-state index in [-0.39, 0.29) is 5.82 Å². The summed E-state index contributed by atoms with van der Waals surface area (Å²) in [6, 6.07) is 6.00. The maximum Gasteiger partial charge on any atom is 0.130 e. The van der Waals surface area contributed by atoms with E-state index in [9.17, 15) is 4.39 Å².